The molecule has 28 heavy (non-hydrogen) atoms. The van der Waals surface area contributed by atoms with Crippen LogP contribution in [0, 0.1) is 0 Å². The second kappa shape index (κ2) is 7.03. The molecule has 0 unspecified atom stereocenters. The van der Waals surface area contributed by atoms with Crippen molar-refractivity contribution < 1.29 is 23.9 Å². The van der Waals surface area contributed by atoms with Crippen molar-refractivity contribution in [1.82, 2.24) is 0 Å². The van der Waals surface area contributed by atoms with Crippen LogP contribution >= 0.6 is 0 Å². The summed E-state index contributed by atoms with van der Waals surface area (Å²) in [6, 6.07) is 12.1. The van der Waals surface area contributed by atoms with Crippen LogP contribution in [0.15, 0.2) is 42.5 Å². The first-order valence-corrected chi connectivity index (χ1v) is 9.26. The number of carbonyl (C=O) groups excluding carboxylic acids is 4. The van der Waals surface area contributed by atoms with E-state index in [9.17, 15) is 19.2 Å². The standard InChI is InChI=1S/C22H19NO5/c1-13(20(25)16-10-9-14-5-4-6-15(14)11-16)28-19(24)12-23-18-8-3-2-7-17(18)21(26)22(23)27/h2-3,7-11,13H,4-6,12H2,1H3/t13-/m1/s1. The molecule has 0 aromatic heterocycles. The van der Waals surface area contributed by atoms with E-state index in [1.54, 1.807) is 30.3 Å². The van der Waals surface area contributed by atoms with Crippen molar-refractivity contribution in [3.05, 3.63) is 64.7 Å². The third-order valence-electron chi connectivity index (χ3n) is 5.23. The van der Waals surface area contributed by atoms with Gasteiger partial charge in [-0.25, -0.2) is 0 Å². The summed E-state index contributed by atoms with van der Waals surface area (Å²) >= 11 is 0. The minimum Gasteiger partial charge on any atom is -0.453 e. The minimum atomic E-state index is -0.976. The number of benzene rings is 2. The third-order valence-corrected chi connectivity index (χ3v) is 5.23. The van der Waals surface area contributed by atoms with Gasteiger partial charge in [-0.15, -0.1) is 0 Å². The Morgan fingerprint density at radius 2 is 1.82 bits per heavy atom. The number of hydrogen-bond donors (Lipinski definition) is 0. The largest absolute Gasteiger partial charge is 0.453 e. The number of nitrogens with zero attached hydrogens (tertiary/aromatic N) is 1. The fourth-order valence-electron chi connectivity index (χ4n) is 3.78. The van der Waals surface area contributed by atoms with Crippen molar-refractivity contribution in [3.8, 4) is 0 Å². The number of hydrogen-bond acceptors (Lipinski definition) is 5. The van der Waals surface area contributed by atoms with E-state index in [1.807, 2.05) is 12.1 Å². The van der Waals surface area contributed by atoms with Gasteiger partial charge < -0.3 is 4.74 Å². The van der Waals surface area contributed by atoms with Gasteiger partial charge in [0.25, 0.3) is 11.7 Å². The highest BCUT2D eigenvalue weighted by Gasteiger charge is 2.37. The van der Waals surface area contributed by atoms with E-state index in [2.05, 4.69) is 0 Å². The van der Waals surface area contributed by atoms with Gasteiger partial charge in [0.2, 0.25) is 5.78 Å². The Balaban J connectivity index is 1.43. The average Bonchev–Trinajstić information content (AvgIpc) is 3.26. The molecule has 0 N–H and O–H groups in total. The predicted octanol–water partition coefficient (Wildman–Crippen LogP) is 2.52. The molecule has 1 heterocycles. The van der Waals surface area contributed by atoms with Crippen LogP contribution in [0.4, 0.5) is 5.69 Å². The van der Waals surface area contributed by atoms with Gasteiger partial charge in [0.15, 0.2) is 6.10 Å². The zero-order chi connectivity index (χ0) is 19.8. The Bertz CT molecular complexity index is 1010. The lowest BCUT2D eigenvalue weighted by molar-refractivity contribution is -0.145. The zero-order valence-electron chi connectivity index (χ0n) is 15.4. The molecule has 1 aliphatic heterocycles. The monoisotopic (exact) mass is 377 g/mol. The molecule has 2 aromatic rings. The van der Waals surface area contributed by atoms with Gasteiger partial charge in [-0.05, 0) is 55.5 Å². The summed E-state index contributed by atoms with van der Waals surface area (Å²) in [6.07, 6.45) is 2.09. The Morgan fingerprint density at radius 1 is 1.07 bits per heavy atom. The number of ether oxygens (including phenoxy) is 1. The fourth-order valence-corrected chi connectivity index (χ4v) is 3.78. The zero-order valence-corrected chi connectivity index (χ0v) is 15.4. The highest BCUT2D eigenvalue weighted by atomic mass is 16.5. The lowest BCUT2D eigenvalue weighted by Crippen LogP contribution is -2.37. The number of para-hydroxylation sites is 1. The second-order valence-electron chi connectivity index (χ2n) is 7.07. The lowest BCUT2D eigenvalue weighted by Gasteiger charge is -2.18. The molecule has 4 rings (SSSR count). The Kier molecular flexibility index (Phi) is 4.55. The molecule has 0 spiro atoms. The molecule has 6 nitrogen and oxygen atoms in total. The van der Waals surface area contributed by atoms with Gasteiger partial charge in [-0.1, -0.05) is 24.3 Å². The SMILES string of the molecule is C[C@@H](OC(=O)CN1C(=O)C(=O)c2ccccc21)C(=O)c1ccc2c(c1)CCC2. The predicted molar refractivity (Wildman–Crippen MR) is 101 cm³/mol. The quantitative estimate of drug-likeness (QED) is 0.454. The number of rotatable bonds is 5. The Morgan fingerprint density at radius 3 is 2.64 bits per heavy atom. The number of ketones is 2. The third kappa shape index (κ3) is 3.11. The molecule has 6 heteroatoms. The molecule has 0 bridgehead atoms. The van der Waals surface area contributed by atoms with Crippen LogP contribution in [-0.2, 0) is 27.2 Å². The summed E-state index contributed by atoms with van der Waals surface area (Å²) < 4.78 is 5.25. The molecule has 0 radical (unpaired) electrons. The number of esters is 1. The van der Waals surface area contributed by atoms with Crippen LogP contribution < -0.4 is 4.90 Å². The van der Waals surface area contributed by atoms with Crippen LogP contribution in [0.2, 0.25) is 0 Å². The van der Waals surface area contributed by atoms with Crippen molar-refractivity contribution in [1.29, 1.82) is 0 Å². The molecule has 2 aliphatic rings. The Labute approximate surface area is 162 Å². The summed E-state index contributed by atoms with van der Waals surface area (Å²) in [7, 11) is 0. The van der Waals surface area contributed by atoms with Crippen molar-refractivity contribution in [2.75, 3.05) is 11.4 Å². The Hall–Kier alpha value is -3.28. The molecular formula is C22H19NO5. The van der Waals surface area contributed by atoms with Gasteiger partial charge >= 0.3 is 5.97 Å². The van der Waals surface area contributed by atoms with E-state index in [0.717, 1.165) is 24.2 Å². The normalized spacial score (nSPS) is 16.0. The number of anilines is 1. The van der Waals surface area contributed by atoms with E-state index < -0.39 is 30.3 Å². The molecule has 1 atom stereocenters. The first-order valence-electron chi connectivity index (χ1n) is 9.26. The topological polar surface area (TPSA) is 80.8 Å². The highest BCUT2D eigenvalue weighted by Crippen LogP contribution is 2.28. The van der Waals surface area contributed by atoms with Gasteiger partial charge in [0.05, 0.1) is 11.3 Å². The number of fused-ring (bicyclic) bond motifs is 2. The summed E-state index contributed by atoms with van der Waals surface area (Å²) in [6.45, 7) is 1.10. The molecule has 0 saturated carbocycles. The van der Waals surface area contributed by atoms with E-state index >= 15 is 0 Å². The van der Waals surface area contributed by atoms with Gasteiger partial charge in [0.1, 0.15) is 6.54 Å². The van der Waals surface area contributed by atoms with E-state index in [-0.39, 0.29) is 11.3 Å². The molecule has 1 aliphatic carbocycles. The van der Waals surface area contributed by atoms with Crippen molar-refractivity contribution in [2.24, 2.45) is 0 Å². The maximum absolute atomic E-state index is 12.6. The maximum Gasteiger partial charge on any atom is 0.326 e. The molecule has 1 amide bonds. The summed E-state index contributed by atoms with van der Waals surface area (Å²) in [5.74, 6) is -2.44. The van der Waals surface area contributed by atoms with E-state index in [4.69, 9.17) is 4.74 Å². The van der Waals surface area contributed by atoms with Gasteiger partial charge in [0, 0.05) is 5.56 Å². The molecule has 0 fully saturated rings. The fraction of sp³-hybridized carbons (Fsp3) is 0.273. The highest BCUT2D eigenvalue weighted by molar-refractivity contribution is 6.52. The number of amides is 1. The van der Waals surface area contributed by atoms with Gasteiger partial charge in [-0.3, -0.25) is 24.1 Å². The lowest BCUT2D eigenvalue weighted by atomic mass is 10.0. The van der Waals surface area contributed by atoms with E-state index in [1.165, 1.54) is 18.1 Å². The molecule has 0 saturated heterocycles. The van der Waals surface area contributed by atoms with Crippen molar-refractivity contribution >= 4 is 29.1 Å². The summed E-state index contributed by atoms with van der Waals surface area (Å²) in [5.41, 5.74) is 3.59. The van der Waals surface area contributed by atoms with E-state index in [0.29, 0.717) is 11.3 Å². The number of aryl methyl sites for hydroxylation is 2. The smallest absolute Gasteiger partial charge is 0.326 e. The van der Waals surface area contributed by atoms with Crippen molar-refractivity contribution in [3.63, 3.8) is 0 Å². The molecule has 142 valence electrons. The minimum absolute atomic E-state index is 0.266. The van der Waals surface area contributed by atoms with Crippen LogP contribution in [0.25, 0.3) is 0 Å². The number of Topliss-reactive ketones (excluding diaryl/α,β-unsaturated/α-hetero) is 2. The van der Waals surface area contributed by atoms with Gasteiger partial charge in [-0.2, -0.15) is 0 Å². The maximum atomic E-state index is 12.6. The molecule has 2 aromatic carbocycles. The number of carbonyl (C=O) groups is 4. The second-order valence-corrected chi connectivity index (χ2v) is 7.07. The van der Waals surface area contributed by atoms with Crippen LogP contribution in [-0.4, -0.2) is 36.1 Å². The molecular weight excluding hydrogens is 358 g/mol. The van der Waals surface area contributed by atoms with Crippen LogP contribution in [0.3, 0.4) is 0 Å². The first kappa shape index (κ1) is 18.1. The summed E-state index contributed by atoms with van der Waals surface area (Å²) in [5, 5.41) is 0. The van der Waals surface area contributed by atoms with Crippen LogP contribution in [0.5, 0.6) is 0 Å². The average molecular weight is 377 g/mol. The first-order chi connectivity index (χ1) is 13.5. The van der Waals surface area contributed by atoms with Crippen molar-refractivity contribution in [2.45, 2.75) is 32.3 Å². The summed E-state index contributed by atoms with van der Waals surface area (Å²) in [4.78, 5) is 50.2. The van der Waals surface area contributed by atoms with Crippen LogP contribution in [0.1, 0.15) is 45.2 Å².